The van der Waals surface area contributed by atoms with Gasteiger partial charge in [0, 0.05) is 38.3 Å². The summed E-state index contributed by atoms with van der Waals surface area (Å²) in [6.45, 7) is 11.3. The van der Waals surface area contributed by atoms with Gasteiger partial charge >= 0.3 is 0 Å². The molecule has 2 N–H and O–H groups in total. The molecule has 0 aliphatic carbocycles. The summed E-state index contributed by atoms with van der Waals surface area (Å²) >= 11 is 0. The number of hydrogen-bond donors (Lipinski definition) is 2. The molecule has 0 aromatic heterocycles. The van der Waals surface area contributed by atoms with Gasteiger partial charge in [0.1, 0.15) is 0 Å². The van der Waals surface area contributed by atoms with Crippen LogP contribution < -0.4 is 10.6 Å². The summed E-state index contributed by atoms with van der Waals surface area (Å²) in [5, 5.41) is 5.98. The standard InChI is InChI=1S/C13H28N4O/c1-11(14-4)12(18)15-10-13(2,3)17-8-6-16(5)7-9-17/h11,14H,6-10H2,1-5H3,(H,15,18). The Bertz CT molecular complexity index is 272. The lowest BCUT2D eigenvalue weighted by atomic mass is 10.0. The van der Waals surface area contributed by atoms with E-state index in [1.54, 1.807) is 7.05 Å². The van der Waals surface area contributed by atoms with Gasteiger partial charge < -0.3 is 15.5 Å². The van der Waals surface area contributed by atoms with Crippen LogP contribution in [0.4, 0.5) is 0 Å². The zero-order valence-electron chi connectivity index (χ0n) is 12.4. The Morgan fingerprint density at radius 2 is 1.83 bits per heavy atom. The van der Waals surface area contributed by atoms with Gasteiger partial charge in [0.15, 0.2) is 0 Å². The van der Waals surface area contributed by atoms with Crippen molar-refractivity contribution in [3.63, 3.8) is 0 Å². The smallest absolute Gasteiger partial charge is 0.236 e. The molecule has 1 saturated heterocycles. The molecule has 0 aromatic rings. The molecular weight excluding hydrogens is 228 g/mol. The van der Waals surface area contributed by atoms with Crippen LogP contribution in [0.1, 0.15) is 20.8 Å². The van der Waals surface area contributed by atoms with Crippen molar-refractivity contribution in [1.29, 1.82) is 0 Å². The van der Waals surface area contributed by atoms with Crippen LogP contribution in [-0.4, -0.2) is 74.1 Å². The van der Waals surface area contributed by atoms with E-state index in [1.165, 1.54) is 0 Å². The number of rotatable bonds is 5. The minimum atomic E-state index is -0.131. The Hall–Kier alpha value is -0.650. The zero-order chi connectivity index (χ0) is 13.8. The predicted molar refractivity (Wildman–Crippen MR) is 74.7 cm³/mol. The van der Waals surface area contributed by atoms with Crippen molar-refractivity contribution in [2.75, 3.05) is 46.8 Å². The second-order valence-corrected chi connectivity index (χ2v) is 5.83. The van der Waals surface area contributed by atoms with E-state index in [0.717, 1.165) is 26.2 Å². The summed E-state index contributed by atoms with van der Waals surface area (Å²) in [6.07, 6.45) is 0. The van der Waals surface area contributed by atoms with E-state index in [0.29, 0.717) is 6.54 Å². The van der Waals surface area contributed by atoms with Crippen molar-refractivity contribution < 1.29 is 4.79 Å². The molecule has 18 heavy (non-hydrogen) atoms. The first-order chi connectivity index (χ1) is 8.36. The number of carbonyl (C=O) groups is 1. The van der Waals surface area contributed by atoms with Crippen LogP contribution >= 0.6 is 0 Å². The van der Waals surface area contributed by atoms with Crippen molar-refractivity contribution in [2.24, 2.45) is 0 Å². The second kappa shape index (κ2) is 6.50. The summed E-state index contributed by atoms with van der Waals surface area (Å²) in [7, 11) is 3.95. The first-order valence-electron chi connectivity index (χ1n) is 6.75. The van der Waals surface area contributed by atoms with E-state index in [-0.39, 0.29) is 17.5 Å². The molecule has 0 aromatic carbocycles. The third-order valence-electron chi connectivity index (χ3n) is 3.88. The van der Waals surface area contributed by atoms with Crippen molar-refractivity contribution in [1.82, 2.24) is 20.4 Å². The number of amides is 1. The van der Waals surface area contributed by atoms with Crippen molar-refractivity contribution >= 4 is 5.91 Å². The Morgan fingerprint density at radius 1 is 1.28 bits per heavy atom. The molecule has 1 atom stereocenters. The minimum Gasteiger partial charge on any atom is -0.353 e. The van der Waals surface area contributed by atoms with E-state index in [1.807, 2.05) is 6.92 Å². The van der Waals surface area contributed by atoms with Crippen molar-refractivity contribution in [3.05, 3.63) is 0 Å². The van der Waals surface area contributed by atoms with Gasteiger partial charge in [-0.1, -0.05) is 0 Å². The van der Waals surface area contributed by atoms with Gasteiger partial charge in [0.2, 0.25) is 5.91 Å². The van der Waals surface area contributed by atoms with Crippen LogP contribution in [0.25, 0.3) is 0 Å². The number of hydrogen-bond acceptors (Lipinski definition) is 4. The fourth-order valence-electron chi connectivity index (χ4n) is 2.11. The average Bonchev–Trinajstić information content (AvgIpc) is 2.35. The normalized spacial score (nSPS) is 20.7. The molecular formula is C13H28N4O. The van der Waals surface area contributed by atoms with E-state index in [4.69, 9.17) is 0 Å². The zero-order valence-corrected chi connectivity index (χ0v) is 12.4. The highest BCUT2D eigenvalue weighted by atomic mass is 16.2. The Balaban J connectivity index is 2.41. The molecule has 5 nitrogen and oxygen atoms in total. The molecule has 106 valence electrons. The van der Waals surface area contributed by atoms with Gasteiger partial charge in [-0.2, -0.15) is 0 Å². The highest BCUT2D eigenvalue weighted by Crippen LogP contribution is 2.15. The molecule has 1 aliphatic heterocycles. The van der Waals surface area contributed by atoms with Gasteiger partial charge in [0.25, 0.3) is 0 Å². The molecule has 0 bridgehead atoms. The number of likely N-dealkylation sites (N-methyl/N-ethyl adjacent to an activating group) is 2. The maximum atomic E-state index is 11.8. The van der Waals surface area contributed by atoms with Crippen LogP contribution in [0.5, 0.6) is 0 Å². The third kappa shape index (κ3) is 4.23. The van der Waals surface area contributed by atoms with Gasteiger partial charge in [-0.3, -0.25) is 9.69 Å². The van der Waals surface area contributed by atoms with Crippen LogP contribution in [0.2, 0.25) is 0 Å². The van der Waals surface area contributed by atoms with E-state index >= 15 is 0 Å². The maximum absolute atomic E-state index is 11.8. The summed E-state index contributed by atoms with van der Waals surface area (Å²) < 4.78 is 0. The lowest BCUT2D eigenvalue weighted by Crippen LogP contribution is -2.58. The monoisotopic (exact) mass is 256 g/mol. The molecule has 0 spiro atoms. The van der Waals surface area contributed by atoms with Crippen LogP contribution in [0.15, 0.2) is 0 Å². The number of nitrogens with one attached hydrogen (secondary N) is 2. The molecule has 5 heteroatoms. The van der Waals surface area contributed by atoms with Crippen LogP contribution in [-0.2, 0) is 4.79 Å². The summed E-state index contributed by atoms with van der Waals surface area (Å²) in [5.41, 5.74) is 0.0182. The molecule has 1 heterocycles. The van der Waals surface area contributed by atoms with Crippen molar-refractivity contribution in [3.8, 4) is 0 Å². The first-order valence-corrected chi connectivity index (χ1v) is 6.75. The van der Waals surface area contributed by atoms with Gasteiger partial charge in [0.05, 0.1) is 6.04 Å². The number of piperazine rings is 1. The number of carbonyl (C=O) groups excluding carboxylic acids is 1. The quantitative estimate of drug-likeness (QED) is 0.711. The average molecular weight is 256 g/mol. The molecule has 1 aliphatic rings. The lowest BCUT2D eigenvalue weighted by Gasteiger charge is -2.43. The molecule has 0 radical (unpaired) electrons. The summed E-state index contributed by atoms with van der Waals surface area (Å²) in [6, 6.07) is -0.131. The molecule has 1 rings (SSSR count). The van der Waals surface area contributed by atoms with E-state index in [2.05, 4.69) is 41.3 Å². The van der Waals surface area contributed by atoms with Crippen LogP contribution in [0.3, 0.4) is 0 Å². The van der Waals surface area contributed by atoms with E-state index < -0.39 is 0 Å². The largest absolute Gasteiger partial charge is 0.353 e. The molecule has 1 unspecified atom stereocenters. The Morgan fingerprint density at radius 3 is 2.33 bits per heavy atom. The van der Waals surface area contributed by atoms with Crippen molar-refractivity contribution in [2.45, 2.75) is 32.4 Å². The summed E-state index contributed by atoms with van der Waals surface area (Å²) in [5.74, 6) is 0.0692. The second-order valence-electron chi connectivity index (χ2n) is 5.83. The SMILES string of the molecule is CNC(C)C(=O)NCC(C)(C)N1CCN(C)CC1. The van der Waals surface area contributed by atoms with E-state index in [9.17, 15) is 4.79 Å². The molecule has 1 amide bonds. The number of nitrogens with zero attached hydrogens (tertiary/aromatic N) is 2. The predicted octanol–water partition coefficient (Wildman–Crippen LogP) is -0.263. The molecule has 0 saturated carbocycles. The maximum Gasteiger partial charge on any atom is 0.236 e. The van der Waals surface area contributed by atoms with Gasteiger partial charge in [-0.05, 0) is 34.9 Å². The fraction of sp³-hybridized carbons (Fsp3) is 0.923. The Kier molecular flexibility index (Phi) is 5.56. The first kappa shape index (κ1) is 15.4. The summed E-state index contributed by atoms with van der Waals surface area (Å²) in [4.78, 5) is 16.6. The Labute approximate surface area is 111 Å². The lowest BCUT2D eigenvalue weighted by molar-refractivity contribution is -0.123. The highest BCUT2D eigenvalue weighted by Gasteiger charge is 2.29. The fourth-order valence-corrected chi connectivity index (χ4v) is 2.11. The van der Waals surface area contributed by atoms with Crippen LogP contribution in [0, 0.1) is 0 Å². The molecule has 1 fully saturated rings. The third-order valence-corrected chi connectivity index (χ3v) is 3.88. The minimum absolute atomic E-state index is 0.0182. The van der Waals surface area contributed by atoms with Gasteiger partial charge in [-0.15, -0.1) is 0 Å². The topological polar surface area (TPSA) is 47.6 Å². The van der Waals surface area contributed by atoms with Gasteiger partial charge in [-0.25, -0.2) is 0 Å². The highest BCUT2D eigenvalue weighted by molar-refractivity contribution is 5.81.